The molecular formula is C23H28N2O4. The number of benzene rings is 1. The molecule has 0 heterocycles. The lowest BCUT2D eigenvalue weighted by Crippen LogP contribution is -2.24. The highest BCUT2D eigenvalue weighted by Crippen LogP contribution is 2.31. The van der Waals surface area contributed by atoms with Gasteiger partial charge in [0.25, 0.3) is 5.91 Å². The third kappa shape index (κ3) is 7.11. The second kappa shape index (κ2) is 11.7. The molecule has 0 aliphatic heterocycles. The minimum absolute atomic E-state index is 0.0360. The Labute approximate surface area is 172 Å². The lowest BCUT2D eigenvalue weighted by molar-refractivity contribution is -0.134. The zero-order valence-corrected chi connectivity index (χ0v) is 16.9. The van der Waals surface area contributed by atoms with Crippen LogP contribution in [0.15, 0.2) is 36.4 Å². The summed E-state index contributed by atoms with van der Waals surface area (Å²) in [5.41, 5.74) is 0.556. The molecule has 0 radical (unpaired) electrons. The molecule has 2 rings (SSSR count). The topological polar surface area (TPSA) is 88.4 Å². The molecule has 1 N–H and O–H groups in total. The van der Waals surface area contributed by atoms with Crippen molar-refractivity contribution in [2.75, 3.05) is 13.7 Å². The molecule has 0 bridgehead atoms. The Hall–Kier alpha value is -3.07. The van der Waals surface area contributed by atoms with E-state index in [9.17, 15) is 14.9 Å². The highest BCUT2D eigenvalue weighted by Gasteiger charge is 2.17. The first-order valence-electron chi connectivity index (χ1n) is 9.97. The summed E-state index contributed by atoms with van der Waals surface area (Å²) < 4.78 is 10.8. The average molecular weight is 396 g/mol. The largest absolute Gasteiger partial charge is 0.493 e. The Bertz CT molecular complexity index is 802. The van der Waals surface area contributed by atoms with E-state index in [-0.39, 0.29) is 18.1 Å². The number of carbonyl (C=O) groups is 2. The molecule has 0 spiro atoms. The number of esters is 1. The number of carbonyl (C=O) groups excluding carboxylic acids is 2. The Kier molecular flexibility index (Phi) is 8.97. The van der Waals surface area contributed by atoms with E-state index >= 15 is 0 Å². The van der Waals surface area contributed by atoms with Crippen LogP contribution in [0.4, 0.5) is 0 Å². The number of ether oxygens (including phenoxy) is 2. The highest BCUT2D eigenvalue weighted by molar-refractivity contribution is 6.01. The first kappa shape index (κ1) is 22.2. The van der Waals surface area contributed by atoms with Gasteiger partial charge >= 0.3 is 5.97 Å². The minimum atomic E-state index is -0.482. The molecule has 0 unspecified atom stereocenters. The van der Waals surface area contributed by atoms with Crippen LogP contribution in [-0.4, -0.2) is 25.5 Å². The van der Waals surface area contributed by atoms with Crippen molar-refractivity contribution >= 4 is 18.0 Å². The molecule has 6 nitrogen and oxygen atoms in total. The van der Waals surface area contributed by atoms with Crippen LogP contribution < -0.4 is 14.8 Å². The maximum absolute atomic E-state index is 12.2. The van der Waals surface area contributed by atoms with Gasteiger partial charge in [0.15, 0.2) is 11.5 Å². The summed E-state index contributed by atoms with van der Waals surface area (Å²) >= 11 is 0. The fourth-order valence-corrected chi connectivity index (χ4v) is 3.41. The quantitative estimate of drug-likeness (QED) is 0.222. The maximum atomic E-state index is 12.2. The number of hydrogen-bond acceptors (Lipinski definition) is 5. The normalized spacial score (nSPS) is 14.6. The summed E-state index contributed by atoms with van der Waals surface area (Å²) in [5.74, 6) is 0.548. The van der Waals surface area contributed by atoms with Gasteiger partial charge in [0.05, 0.1) is 7.11 Å². The van der Waals surface area contributed by atoms with Gasteiger partial charge in [-0.05, 0) is 36.1 Å². The Morgan fingerprint density at radius 1 is 1.28 bits per heavy atom. The second-order valence-corrected chi connectivity index (χ2v) is 7.10. The number of hydrogen-bond donors (Lipinski definition) is 1. The Morgan fingerprint density at radius 2 is 2.03 bits per heavy atom. The summed E-state index contributed by atoms with van der Waals surface area (Å²) in [5, 5.41) is 11.8. The van der Waals surface area contributed by atoms with Crippen molar-refractivity contribution in [1.29, 1.82) is 5.26 Å². The fraction of sp³-hybridized carbons (Fsp3) is 0.435. The van der Waals surface area contributed by atoms with Gasteiger partial charge in [0.1, 0.15) is 11.6 Å². The molecule has 6 heteroatoms. The van der Waals surface area contributed by atoms with E-state index in [1.807, 2.05) is 6.07 Å². The van der Waals surface area contributed by atoms with Crippen LogP contribution >= 0.6 is 0 Å². The van der Waals surface area contributed by atoms with Gasteiger partial charge in [-0.1, -0.05) is 44.2 Å². The van der Waals surface area contributed by atoms with Gasteiger partial charge in [-0.3, -0.25) is 9.59 Å². The standard InChI is InChI=1S/C23H28N2O4/c1-3-13-25-23(27)19(16-24)14-18-9-11-20(21(15-18)28-2)29-22(26)12-10-17-7-5-4-6-8-17/h3,9,11,14-15,17H,1,4-8,10,12-13H2,2H3,(H,25,27). The van der Waals surface area contributed by atoms with E-state index in [0.717, 1.165) is 6.42 Å². The zero-order valence-electron chi connectivity index (χ0n) is 16.9. The van der Waals surface area contributed by atoms with Crippen molar-refractivity contribution in [2.24, 2.45) is 5.92 Å². The minimum Gasteiger partial charge on any atom is -0.493 e. The molecule has 0 atom stereocenters. The van der Waals surface area contributed by atoms with Crippen LogP contribution in [0, 0.1) is 17.2 Å². The zero-order chi connectivity index (χ0) is 21.1. The van der Waals surface area contributed by atoms with E-state index in [4.69, 9.17) is 9.47 Å². The number of methoxy groups -OCH3 is 1. The molecule has 0 saturated heterocycles. The van der Waals surface area contributed by atoms with Crippen LogP contribution in [0.25, 0.3) is 6.08 Å². The third-order valence-electron chi connectivity index (χ3n) is 4.98. The van der Waals surface area contributed by atoms with Crippen LogP contribution in [0.2, 0.25) is 0 Å². The molecule has 1 saturated carbocycles. The van der Waals surface area contributed by atoms with Gasteiger partial charge in [-0.2, -0.15) is 5.26 Å². The molecule has 29 heavy (non-hydrogen) atoms. The van der Waals surface area contributed by atoms with Crippen molar-refractivity contribution < 1.29 is 19.1 Å². The van der Waals surface area contributed by atoms with E-state index in [2.05, 4.69) is 11.9 Å². The molecule has 1 fully saturated rings. The maximum Gasteiger partial charge on any atom is 0.311 e. The van der Waals surface area contributed by atoms with Crippen LogP contribution in [-0.2, 0) is 9.59 Å². The second-order valence-electron chi connectivity index (χ2n) is 7.10. The fourth-order valence-electron chi connectivity index (χ4n) is 3.41. The monoisotopic (exact) mass is 396 g/mol. The smallest absolute Gasteiger partial charge is 0.311 e. The molecule has 154 valence electrons. The van der Waals surface area contributed by atoms with Crippen molar-refractivity contribution in [1.82, 2.24) is 5.32 Å². The molecule has 1 aliphatic rings. The summed E-state index contributed by atoms with van der Waals surface area (Å²) in [7, 11) is 1.48. The van der Waals surface area contributed by atoms with E-state index in [1.165, 1.54) is 51.4 Å². The number of nitrogens with zero attached hydrogens (tertiary/aromatic N) is 1. The van der Waals surface area contributed by atoms with Crippen molar-refractivity contribution in [3.8, 4) is 17.6 Å². The number of rotatable bonds is 9. The van der Waals surface area contributed by atoms with Gasteiger partial charge in [0, 0.05) is 13.0 Å². The number of nitriles is 1. The summed E-state index contributed by atoms with van der Waals surface area (Å²) in [6.07, 6.45) is 10.4. The van der Waals surface area contributed by atoms with Crippen LogP contribution in [0.3, 0.4) is 0 Å². The first-order chi connectivity index (χ1) is 14.1. The molecule has 0 aromatic heterocycles. The summed E-state index contributed by atoms with van der Waals surface area (Å²) in [4.78, 5) is 24.2. The Balaban J connectivity index is 2.02. The average Bonchev–Trinajstić information content (AvgIpc) is 2.75. The van der Waals surface area contributed by atoms with Gasteiger partial charge in [-0.25, -0.2) is 0 Å². The molecule has 1 aliphatic carbocycles. The van der Waals surface area contributed by atoms with E-state index in [1.54, 1.807) is 18.2 Å². The summed E-state index contributed by atoms with van der Waals surface area (Å²) in [6.45, 7) is 3.80. The summed E-state index contributed by atoms with van der Waals surface area (Å²) in [6, 6.07) is 6.79. The Morgan fingerprint density at radius 3 is 2.69 bits per heavy atom. The van der Waals surface area contributed by atoms with Gasteiger partial charge in [-0.15, -0.1) is 6.58 Å². The highest BCUT2D eigenvalue weighted by atomic mass is 16.6. The van der Waals surface area contributed by atoms with Crippen molar-refractivity contribution in [2.45, 2.75) is 44.9 Å². The molecule has 1 aromatic rings. The molecule has 1 amide bonds. The predicted octanol–water partition coefficient (Wildman–Crippen LogP) is 4.17. The SMILES string of the molecule is C=CCNC(=O)C(C#N)=Cc1ccc(OC(=O)CCC2CCCCC2)c(OC)c1. The van der Waals surface area contributed by atoms with Gasteiger partial charge < -0.3 is 14.8 Å². The first-order valence-corrected chi connectivity index (χ1v) is 9.97. The predicted molar refractivity (Wildman–Crippen MR) is 111 cm³/mol. The molecule has 1 aromatic carbocycles. The number of nitrogens with one attached hydrogen (secondary N) is 1. The van der Waals surface area contributed by atoms with E-state index in [0.29, 0.717) is 29.4 Å². The van der Waals surface area contributed by atoms with Crippen LogP contribution in [0.5, 0.6) is 11.5 Å². The van der Waals surface area contributed by atoms with Crippen molar-refractivity contribution in [3.63, 3.8) is 0 Å². The van der Waals surface area contributed by atoms with Crippen molar-refractivity contribution in [3.05, 3.63) is 42.0 Å². The lowest BCUT2D eigenvalue weighted by atomic mass is 9.86. The third-order valence-corrected chi connectivity index (χ3v) is 4.98. The van der Waals surface area contributed by atoms with Crippen LogP contribution in [0.1, 0.15) is 50.5 Å². The van der Waals surface area contributed by atoms with E-state index < -0.39 is 5.91 Å². The number of amides is 1. The van der Waals surface area contributed by atoms with Gasteiger partial charge in [0.2, 0.25) is 0 Å². The lowest BCUT2D eigenvalue weighted by Gasteiger charge is -2.20. The molecular weight excluding hydrogens is 368 g/mol.